The molecule has 1 saturated heterocycles. The smallest absolute Gasteiger partial charge is 0.0917 e. The number of aliphatic hydroxyl groups excluding tert-OH is 2. The van der Waals surface area contributed by atoms with Gasteiger partial charge in [-0.05, 0) is 42.3 Å². The Morgan fingerprint density at radius 2 is 1.33 bits per heavy atom. The van der Waals surface area contributed by atoms with Crippen LogP contribution in [0.15, 0.2) is 48.5 Å². The van der Waals surface area contributed by atoms with Crippen LogP contribution in [-0.4, -0.2) is 58.8 Å². The molecular weight excluding hydrogens is 383 g/mol. The maximum absolute atomic E-state index is 10.5. The summed E-state index contributed by atoms with van der Waals surface area (Å²) in [5.74, 6) is 0. The molecule has 0 unspecified atom stereocenters. The van der Waals surface area contributed by atoms with Gasteiger partial charge in [0.15, 0.2) is 0 Å². The van der Waals surface area contributed by atoms with E-state index in [4.69, 9.17) is 23.2 Å². The van der Waals surface area contributed by atoms with Crippen molar-refractivity contribution in [2.45, 2.75) is 25.2 Å². The third-order valence-corrected chi connectivity index (χ3v) is 5.70. The number of halogens is 2. The summed E-state index contributed by atoms with van der Waals surface area (Å²) in [6.07, 6.45) is -1.06. The molecule has 2 N–H and O–H groups in total. The summed E-state index contributed by atoms with van der Waals surface area (Å²) >= 11 is 11.8. The van der Waals surface area contributed by atoms with E-state index in [9.17, 15) is 10.2 Å². The molecule has 0 amide bonds. The number of piperazine rings is 1. The van der Waals surface area contributed by atoms with Gasteiger partial charge in [-0.2, -0.15) is 0 Å². The van der Waals surface area contributed by atoms with Crippen molar-refractivity contribution in [2.24, 2.45) is 0 Å². The molecule has 1 fully saturated rings. The predicted molar refractivity (Wildman–Crippen MR) is 110 cm³/mol. The Kier molecular flexibility index (Phi) is 7.15. The van der Waals surface area contributed by atoms with Gasteiger partial charge < -0.3 is 10.2 Å². The molecule has 1 aliphatic rings. The average molecular weight is 409 g/mol. The second kappa shape index (κ2) is 9.37. The first-order valence-corrected chi connectivity index (χ1v) is 10.0. The monoisotopic (exact) mass is 408 g/mol. The van der Waals surface area contributed by atoms with Crippen LogP contribution < -0.4 is 0 Å². The molecule has 0 bridgehead atoms. The summed E-state index contributed by atoms with van der Waals surface area (Å²) in [5, 5.41) is 22.3. The molecule has 2 aromatic rings. The predicted octanol–water partition coefficient (Wildman–Crippen LogP) is 3.77. The van der Waals surface area contributed by atoms with E-state index < -0.39 is 12.2 Å². The van der Waals surface area contributed by atoms with Crippen molar-refractivity contribution in [1.82, 2.24) is 9.80 Å². The van der Waals surface area contributed by atoms with Crippen LogP contribution in [0.4, 0.5) is 0 Å². The van der Waals surface area contributed by atoms with E-state index in [1.165, 1.54) is 0 Å². The quantitative estimate of drug-likeness (QED) is 0.763. The number of β-amino-alcohol motifs (C(OH)–C–C–N with tert-alkyl or cyclic N) is 2. The van der Waals surface area contributed by atoms with Crippen molar-refractivity contribution in [3.05, 3.63) is 69.7 Å². The fourth-order valence-electron chi connectivity index (χ4n) is 3.56. The van der Waals surface area contributed by atoms with E-state index >= 15 is 0 Å². The van der Waals surface area contributed by atoms with Gasteiger partial charge in [-0.3, -0.25) is 9.80 Å². The van der Waals surface area contributed by atoms with Gasteiger partial charge in [0.25, 0.3) is 0 Å². The molecule has 0 spiro atoms. The zero-order valence-electron chi connectivity index (χ0n) is 15.4. The fraction of sp³-hybridized carbons (Fsp3) is 0.429. The van der Waals surface area contributed by atoms with E-state index in [0.717, 1.165) is 30.8 Å². The van der Waals surface area contributed by atoms with Crippen molar-refractivity contribution < 1.29 is 10.2 Å². The number of rotatable bonds is 6. The first kappa shape index (κ1) is 20.6. The van der Waals surface area contributed by atoms with Crippen LogP contribution >= 0.6 is 23.2 Å². The second-order valence-electron chi connectivity index (χ2n) is 7.24. The highest BCUT2D eigenvalue weighted by molar-refractivity contribution is 6.30. The van der Waals surface area contributed by atoms with Crippen LogP contribution in [0.5, 0.6) is 0 Å². The van der Waals surface area contributed by atoms with Crippen molar-refractivity contribution in [1.29, 1.82) is 0 Å². The molecule has 0 saturated carbocycles. The molecular formula is C21H26Cl2N2O2. The molecule has 3 atom stereocenters. The number of hydrogen-bond donors (Lipinski definition) is 2. The van der Waals surface area contributed by atoms with E-state index in [-0.39, 0.29) is 0 Å². The Hall–Kier alpha value is -1.14. The molecule has 146 valence electrons. The fourth-order valence-corrected chi connectivity index (χ4v) is 3.81. The van der Waals surface area contributed by atoms with Crippen LogP contribution in [0.25, 0.3) is 0 Å². The van der Waals surface area contributed by atoms with Crippen LogP contribution in [0, 0.1) is 0 Å². The van der Waals surface area contributed by atoms with E-state index in [1.54, 1.807) is 24.3 Å². The van der Waals surface area contributed by atoms with Gasteiger partial charge in [-0.1, -0.05) is 47.5 Å². The highest BCUT2D eigenvalue weighted by Crippen LogP contribution is 2.22. The zero-order chi connectivity index (χ0) is 19.4. The standard InChI is InChI=1S/C21H26Cl2N2O2/c1-15-12-24(13-20(26)16-2-6-18(22)7-3-16)10-11-25(15)14-21(27)17-4-8-19(23)9-5-17/h2-9,15,20-21,26-27H,10-14H2,1H3/t15-,20+,21-/m1/s1. The molecule has 0 radical (unpaired) electrons. The minimum atomic E-state index is -0.532. The molecule has 6 heteroatoms. The number of nitrogens with zero attached hydrogens (tertiary/aromatic N) is 2. The number of hydrogen-bond acceptors (Lipinski definition) is 4. The Morgan fingerprint density at radius 3 is 1.81 bits per heavy atom. The first-order valence-electron chi connectivity index (χ1n) is 9.26. The summed E-state index contributed by atoms with van der Waals surface area (Å²) in [4.78, 5) is 4.57. The van der Waals surface area contributed by atoms with Gasteiger partial charge >= 0.3 is 0 Å². The summed E-state index contributed by atoms with van der Waals surface area (Å²) in [6, 6.07) is 15.0. The zero-order valence-corrected chi connectivity index (χ0v) is 16.9. The maximum Gasteiger partial charge on any atom is 0.0917 e. The average Bonchev–Trinajstić information content (AvgIpc) is 2.65. The highest BCUT2D eigenvalue weighted by Gasteiger charge is 2.27. The van der Waals surface area contributed by atoms with E-state index in [2.05, 4.69) is 16.7 Å². The highest BCUT2D eigenvalue weighted by atomic mass is 35.5. The minimum Gasteiger partial charge on any atom is -0.387 e. The molecule has 0 aromatic heterocycles. The van der Waals surface area contributed by atoms with Gasteiger partial charge in [-0.15, -0.1) is 0 Å². The molecule has 3 rings (SSSR count). The summed E-state index contributed by atoms with van der Waals surface area (Å²) < 4.78 is 0. The topological polar surface area (TPSA) is 46.9 Å². The third kappa shape index (κ3) is 5.67. The SMILES string of the molecule is C[C@@H]1CN(C[C@H](O)c2ccc(Cl)cc2)CCN1C[C@@H](O)c1ccc(Cl)cc1. The van der Waals surface area contributed by atoms with Gasteiger partial charge in [0.05, 0.1) is 12.2 Å². The van der Waals surface area contributed by atoms with Gasteiger partial charge in [-0.25, -0.2) is 0 Å². The van der Waals surface area contributed by atoms with Crippen LogP contribution in [-0.2, 0) is 0 Å². The lowest BCUT2D eigenvalue weighted by atomic mass is 10.1. The molecule has 1 aliphatic heterocycles. The molecule has 0 aliphatic carbocycles. The van der Waals surface area contributed by atoms with Crippen molar-refractivity contribution >= 4 is 23.2 Å². The summed E-state index contributed by atoms with van der Waals surface area (Å²) in [5.41, 5.74) is 1.76. The van der Waals surface area contributed by atoms with Crippen LogP contribution in [0.2, 0.25) is 10.0 Å². The van der Waals surface area contributed by atoms with Crippen molar-refractivity contribution in [3.63, 3.8) is 0 Å². The molecule has 2 aromatic carbocycles. The van der Waals surface area contributed by atoms with E-state index in [0.29, 0.717) is 29.2 Å². The second-order valence-corrected chi connectivity index (χ2v) is 8.11. The van der Waals surface area contributed by atoms with Crippen LogP contribution in [0.3, 0.4) is 0 Å². The maximum atomic E-state index is 10.5. The number of aliphatic hydroxyl groups is 2. The number of benzene rings is 2. The lowest BCUT2D eigenvalue weighted by Crippen LogP contribution is -2.53. The Balaban J connectivity index is 1.51. The largest absolute Gasteiger partial charge is 0.387 e. The summed E-state index contributed by atoms with van der Waals surface area (Å²) in [7, 11) is 0. The molecule has 4 nitrogen and oxygen atoms in total. The normalized spacial score (nSPS) is 21.1. The Labute approximate surface area is 170 Å². The van der Waals surface area contributed by atoms with E-state index in [1.807, 2.05) is 24.3 Å². The van der Waals surface area contributed by atoms with Gasteiger partial charge in [0, 0.05) is 48.8 Å². The first-order chi connectivity index (χ1) is 12.9. The molecule has 27 heavy (non-hydrogen) atoms. The Morgan fingerprint density at radius 1 is 0.852 bits per heavy atom. The lowest BCUT2D eigenvalue weighted by Gasteiger charge is -2.41. The van der Waals surface area contributed by atoms with Crippen molar-refractivity contribution in [3.8, 4) is 0 Å². The minimum absolute atomic E-state index is 0.304. The summed E-state index contributed by atoms with van der Waals surface area (Å²) in [6.45, 7) is 5.94. The Bertz CT molecular complexity index is 724. The van der Waals surface area contributed by atoms with Gasteiger partial charge in [0.2, 0.25) is 0 Å². The third-order valence-electron chi connectivity index (χ3n) is 5.20. The van der Waals surface area contributed by atoms with Crippen LogP contribution in [0.1, 0.15) is 30.3 Å². The lowest BCUT2D eigenvalue weighted by molar-refractivity contribution is 0.0199. The van der Waals surface area contributed by atoms with Crippen molar-refractivity contribution in [2.75, 3.05) is 32.7 Å². The molecule has 1 heterocycles. The van der Waals surface area contributed by atoms with Gasteiger partial charge in [0.1, 0.15) is 0 Å².